The maximum absolute atomic E-state index is 14.6. The number of rotatable bonds is 10. The lowest BCUT2D eigenvalue weighted by atomic mass is 9.91. The van der Waals surface area contributed by atoms with Crippen molar-refractivity contribution in [2.75, 3.05) is 13.7 Å². The van der Waals surface area contributed by atoms with Gasteiger partial charge in [0.2, 0.25) is 5.91 Å². The fraction of sp³-hybridized carbons (Fsp3) is 0.567. The van der Waals surface area contributed by atoms with Crippen LogP contribution in [0.25, 0.3) is 0 Å². The van der Waals surface area contributed by atoms with Gasteiger partial charge in [-0.15, -0.1) is 0 Å². The van der Waals surface area contributed by atoms with Crippen LogP contribution in [0.1, 0.15) is 66.4 Å². The summed E-state index contributed by atoms with van der Waals surface area (Å²) < 4.78 is 10.9. The Kier molecular flexibility index (Phi) is 11.0. The Morgan fingerprint density at radius 3 is 2.35 bits per heavy atom. The molecule has 1 aliphatic rings. The monoisotopic (exact) mass is 512 g/mol. The van der Waals surface area contributed by atoms with Gasteiger partial charge in [0.15, 0.2) is 0 Å². The summed E-state index contributed by atoms with van der Waals surface area (Å²) in [6.45, 7) is 15.8. The summed E-state index contributed by atoms with van der Waals surface area (Å²) in [6.07, 6.45) is 5.73. The topological polar surface area (TPSA) is 76.2 Å². The van der Waals surface area contributed by atoms with Crippen molar-refractivity contribution in [3.8, 4) is 0 Å². The van der Waals surface area contributed by atoms with Crippen LogP contribution in [-0.2, 0) is 25.5 Å². The first-order chi connectivity index (χ1) is 17.4. The number of ether oxygens (including phenoxy) is 2. The summed E-state index contributed by atoms with van der Waals surface area (Å²) in [5, 5.41) is 0. The lowest BCUT2D eigenvalue weighted by molar-refractivity contribution is -0.156. The molecule has 1 unspecified atom stereocenters. The predicted octanol–water partition coefficient (Wildman–Crippen LogP) is 5.55. The minimum absolute atomic E-state index is 0.245. The Bertz CT molecular complexity index is 966. The molecule has 0 N–H and O–H groups in total. The zero-order chi connectivity index (χ0) is 27.8. The third-order valence-electron chi connectivity index (χ3n) is 6.62. The summed E-state index contributed by atoms with van der Waals surface area (Å²) in [5.74, 6) is -1.03. The second kappa shape index (κ2) is 13.5. The van der Waals surface area contributed by atoms with E-state index in [4.69, 9.17) is 9.47 Å². The molecule has 1 saturated heterocycles. The fourth-order valence-corrected chi connectivity index (χ4v) is 4.83. The number of allylic oxidation sites excluding steroid dienone is 1. The number of amides is 2. The van der Waals surface area contributed by atoms with Crippen LogP contribution in [0.4, 0.5) is 4.79 Å². The molecule has 204 valence electrons. The first-order valence-corrected chi connectivity index (χ1v) is 13.2. The average molecular weight is 513 g/mol. The maximum Gasteiger partial charge on any atom is 0.410 e. The summed E-state index contributed by atoms with van der Waals surface area (Å²) in [7, 11) is 1.34. The molecule has 4 atom stereocenters. The molecule has 1 fully saturated rings. The van der Waals surface area contributed by atoms with Gasteiger partial charge in [0, 0.05) is 18.9 Å². The van der Waals surface area contributed by atoms with Gasteiger partial charge in [-0.05, 0) is 52.5 Å². The Balaban J connectivity index is 2.62. The molecule has 0 aromatic heterocycles. The SMILES string of the molecule is C=C(C)[C@@H]1CCN(C(=O)OC(C)(C)C)[C@H]1C(=O)N(C(Cc1ccccc1)C(=O)OC)[C@H](/C=C/CC)CC. The van der Waals surface area contributed by atoms with Crippen molar-refractivity contribution in [1.29, 1.82) is 0 Å². The number of hydrogen-bond donors (Lipinski definition) is 0. The van der Waals surface area contributed by atoms with E-state index in [1.165, 1.54) is 12.0 Å². The highest BCUT2D eigenvalue weighted by Crippen LogP contribution is 2.34. The smallest absolute Gasteiger partial charge is 0.410 e. The highest BCUT2D eigenvalue weighted by Gasteiger charge is 2.48. The molecule has 0 spiro atoms. The molecule has 2 amide bonds. The third kappa shape index (κ3) is 7.94. The maximum atomic E-state index is 14.6. The van der Waals surface area contributed by atoms with E-state index in [9.17, 15) is 14.4 Å². The van der Waals surface area contributed by atoms with E-state index in [1.807, 2.05) is 63.3 Å². The highest BCUT2D eigenvalue weighted by molar-refractivity contribution is 5.91. The van der Waals surface area contributed by atoms with Gasteiger partial charge < -0.3 is 14.4 Å². The van der Waals surface area contributed by atoms with Gasteiger partial charge in [0.1, 0.15) is 17.7 Å². The normalized spacial score (nSPS) is 19.4. The molecule has 1 aromatic carbocycles. The molecule has 0 aliphatic carbocycles. The van der Waals surface area contributed by atoms with E-state index in [0.29, 0.717) is 25.8 Å². The molecule has 1 aromatic rings. The van der Waals surface area contributed by atoms with E-state index in [-0.39, 0.29) is 17.9 Å². The van der Waals surface area contributed by atoms with E-state index in [1.54, 1.807) is 25.7 Å². The molecule has 2 rings (SSSR count). The van der Waals surface area contributed by atoms with Crippen LogP contribution < -0.4 is 0 Å². The van der Waals surface area contributed by atoms with Gasteiger partial charge in [-0.3, -0.25) is 9.69 Å². The second-order valence-corrected chi connectivity index (χ2v) is 10.6. The van der Waals surface area contributed by atoms with Crippen molar-refractivity contribution < 1.29 is 23.9 Å². The summed E-state index contributed by atoms with van der Waals surface area (Å²) in [5.41, 5.74) is 1.03. The fourth-order valence-electron chi connectivity index (χ4n) is 4.83. The molecule has 1 heterocycles. The van der Waals surface area contributed by atoms with Crippen LogP contribution in [-0.4, -0.2) is 65.2 Å². The molecular formula is C30H44N2O5. The number of benzene rings is 1. The summed E-state index contributed by atoms with van der Waals surface area (Å²) in [4.78, 5) is 44.1. The number of likely N-dealkylation sites (tertiary alicyclic amines) is 1. The highest BCUT2D eigenvalue weighted by atomic mass is 16.6. The van der Waals surface area contributed by atoms with Gasteiger partial charge in [-0.25, -0.2) is 9.59 Å². The van der Waals surface area contributed by atoms with Crippen molar-refractivity contribution in [3.63, 3.8) is 0 Å². The zero-order valence-corrected chi connectivity index (χ0v) is 23.5. The number of methoxy groups -OCH3 is 1. The van der Waals surface area contributed by atoms with Crippen molar-refractivity contribution in [1.82, 2.24) is 9.80 Å². The van der Waals surface area contributed by atoms with Crippen LogP contribution in [0.3, 0.4) is 0 Å². The third-order valence-corrected chi connectivity index (χ3v) is 6.62. The first-order valence-electron chi connectivity index (χ1n) is 13.2. The van der Waals surface area contributed by atoms with Crippen molar-refractivity contribution >= 4 is 18.0 Å². The van der Waals surface area contributed by atoms with Gasteiger partial charge >= 0.3 is 12.1 Å². The van der Waals surface area contributed by atoms with E-state index < -0.39 is 29.7 Å². The molecular weight excluding hydrogens is 468 g/mol. The average Bonchev–Trinajstić information content (AvgIpc) is 3.30. The van der Waals surface area contributed by atoms with E-state index in [0.717, 1.165) is 17.6 Å². The van der Waals surface area contributed by atoms with Crippen molar-refractivity contribution in [3.05, 3.63) is 60.2 Å². The van der Waals surface area contributed by atoms with Gasteiger partial charge in [0.05, 0.1) is 13.2 Å². The van der Waals surface area contributed by atoms with Crippen LogP contribution in [0, 0.1) is 5.92 Å². The molecule has 0 radical (unpaired) electrons. The molecule has 0 saturated carbocycles. The van der Waals surface area contributed by atoms with Gasteiger partial charge in [-0.2, -0.15) is 0 Å². The quantitative estimate of drug-likeness (QED) is 0.304. The number of nitrogens with zero attached hydrogens (tertiary/aromatic N) is 2. The predicted molar refractivity (Wildman–Crippen MR) is 146 cm³/mol. The van der Waals surface area contributed by atoms with E-state index in [2.05, 4.69) is 6.58 Å². The lowest BCUT2D eigenvalue weighted by Gasteiger charge is -2.40. The molecule has 0 bridgehead atoms. The molecule has 37 heavy (non-hydrogen) atoms. The van der Waals surface area contributed by atoms with Crippen molar-refractivity contribution in [2.24, 2.45) is 5.92 Å². The minimum Gasteiger partial charge on any atom is -0.467 e. The van der Waals surface area contributed by atoms with Crippen molar-refractivity contribution in [2.45, 2.75) is 91.0 Å². The first kappa shape index (κ1) is 30.1. The van der Waals surface area contributed by atoms with Gasteiger partial charge in [-0.1, -0.05) is 68.5 Å². The minimum atomic E-state index is -0.863. The summed E-state index contributed by atoms with van der Waals surface area (Å²) in [6, 6.07) is 7.55. The zero-order valence-electron chi connectivity index (χ0n) is 23.5. The van der Waals surface area contributed by atoms with Crippen LogP contribution >= 0.6 is 0 Å². The van der Waals surface area contributed by atoms with E-state index >= 15 is 0 Å². The Morgan fingerprint density at radius 1 is 1.19 bits per heavy atom. The Labute approximate surface area is 222 Å². The van der Waals surface area contributed by atoms with Crippen LogP contribution in [0.2, 0.25) is 0 Å². The van der Waals surface area contributed by atoms with Crippen LogP contribution in [0.15, 0.2) is 54.6 Å². The van der Waals surface area contributed by atoms with Gasteiger partial charge in [0.25, 0.3) is 0 Å². The largest absolute Gasteiger partial charge is 0.467 e. The second-order valence-electron chi connectivity index (χ2n) is 10.6. The Morgan fingerprint density at radius 2 is 1.84 bits per heavy atom. The number of esters is 1. The number of carbonyl (C=O) groups is 3. The molecule has 7 nitrogen and oxygen atoms in total. The molecule has 7 heteroatoms. The van der Waals surface area contributed by atoms with Crippen LogP contribution in [0.5, 0.6) is 0 Å². The number of carbonyl (C=O) groups excluding carboxylic acids is 3. The number of hydrogen-bond acceptors (Lipinski definition) is 5. The Hall–Kier alpha value is -3.09. The summed E-state index contributed by atoms with van der Waals surface area (Å²) >= 11 is 0. The molecule has 1 aliphatic heterocycles. The standard InChI is InChI=1S/C30H44N2O5/c1-9-11-17-23(10-2)32(25(28(34)36-8)20-22-15-13-12-14-16-22)27(33)26-24(21(3)4)18-19-31(26)29(35)37-30(5,6)7/h11-17,23-26H,3,9-10,18-20H2,1-2,4-8H3/b17-11+/t23-,24-,25?,26+/m0/s1. The lowest BCUT2D eigenvalue weighted by Crippen LogP contribution is -2.59.